The third-order valence-corrected chi connectivity index (χ3v) is 1.75. The summed E-state index contributed by atoms with van der Waals surface area (Å²) in [7, 11) is 0. The fourth-order valence-electron chi connectivity index (χ4n) is 0.991. The van der Waals surface area contributed by atoms with Gasteiger partial charge < -0.3 is 5.32 Å². The van der Waals surface area contributed by atoms with Crippen LogP contribution >= 0.6 is 0 Å². The summed E-state index contributed by atoms with van der Waals surface area (Å²) in [6, 6.07) is 7.20. The lowest BCUT2D eigenvalue weighted by molar-refractivity contribution is 0.252. The maximum Gasteiger partial charge on any atom is 0.333 e. The molecule has 1 rings (SSSR count). The summed E-state index contributed by atoms with van der Waals surface area (Å²) in [5.74, 6) is 4.91. The molecule has 0 aliphatic carbocycles. The maximum absolute atomic E-state index is 10.8. The number of carbonyl (C=O) groups excluding carboxylic acids is 1. The van der Waals surface area contributed by atoms with Crippen LogP contribution in [0.4, 0.5) is 10.5 Å². The van der Waals surface area contributed by atoms with Gasteiger partial charge in [-0.1, -0.05) is 19.1 Å². The number of hydrogen-bond donors (Lipinski definition) is 3. The van der Waals surface area contributed by atoms with Crippen molar-refractivity contribution in [2.75, 3.05) is 5.32 Å². The van der Waals surface area contributed by atoms with Crippen LogP contribution < -0.4 is 16.6 Å². The molecule has 0 unspecified atom stereocenters. The first-order chi connectivity index (χ1) is 6.26. The normalized spacial score (nSPS) is 9.38. The fraction of sp³-hybridized carbons (Fsp3) is 0.222. The van der Waals surface area contributed by atoms with E-state index in [1.54, 1.807) is 0 Å². The van der Waals surface area contributed by atoms with Crippen molar-refractivity contribution in [2.45, 2.75) is 13.3 Å². The average molecular weight is 179 g/mol. The molecule has 0 aromatic heterocycles. The molecule has 0 fully saturated rings. The highest BCUT2D eigenvalue weighted by molar-refractivity contribution is 5.88. The van der Waals surface area contributed by atoms with E-state index in [1.165, 1.54) is 5.56 Å². The Balaban J connectivity index is 2.64. The van der Waals surface area contributed by atoms with Gasteiger partial charge in [-0.25, -0.2) is 10.6 Å². The van der Waals surface area contributed by atoms with E-state index in [9.17, 15) is 4.79 Å². The van der Waals surface area contributed by atoms with E-state index in [-0.39, 0.29) is 0 Å². The van der Waals surface area contributed by atoms with E-state index in [4.69, 9.17) is 5.84 Å². The first-order valence-electron chi connectivity index (χ1n) is 4.12. The van der Waals surface area contributed by atoms with Crippen LogP contribution in [0.25, 0.3) is 0 Å². The molecule has 1 aromatic carbocycles. The second kappa shape index (κ2) is 4.47. The quantitative estimate of drug-likeness (QED) is 0.363. The molecule has 0 atom stereocenters. The van der Waals surface area contributed by atoms with Crippen molar-refractivity contribution in [3.63, 3.8) is 0 Å². The Morgan fingerprint density at radius 2 is 2.00 bits per heavy atom. The number of hydrogen-bond acceptors (Lipinski definition) is 2. The van der Waals surface area contributed by atoms with E-state index in [0.717, 1.165) is 12.1 Å². The summed E-state index contributed by atoms with van der Waals surface area (Å²) in [5.41, 5.74) is 3.96. The number of rotatable bonds is 2. The van der Waals surface area contributed by atoms with E-state index in [1.807, 2.05) is 29.7 Å². The zero-order chi connectivity index (χ0) is 9.68. The van der Waals surface area contributed by atoms with Gasteiger partial charge in [-0.15, -0.1) is 0 Å². The molecule has 4 heteroatoms. The maximum atomic E-state index is 10.8. The topological polar surface area (TPSA) is 67.2 Å². The molecular weight excluding hydrogens is 166 g/mol. The van der Waals surface area contributed by atoms with Crippen molar-refractivity contribution >= 4 is 11.7 Å². The van der Waals surface area contributed by atoms with E-state index >= 15 is 0 Å². The van der Waals surface area contributed by atoms with Crippen molar-refractivity contribution in [3.05, 3.63) is 29.8 Å². The number of carbonyl (C=O) groups is 1. The minimum absolute atomic E-state index is 0.413. The van der Waals surface area contributed by atoms with Crippen LogP contribution in [0.15, 0.2) is 24.3 Å². The van der Waals surface area contributed by atoms with Gasteiger partial charge in [0.05, 0.1) is 0 Å². The molecule has 0 saturated carbocycles. The molecule has 0 aliphatic rings. The molecule has 0 bridgehead atoms. The lowest BCUT2D eigenvalue weighted by Crippen LogP contribution is -2.34. The Morgan fingerprint density at radius 3 is 2.46 bits per heavy atom. The Bertz CT molecular complexity index is 281. The minimum Gasteiger partial charge on any atom is -0.307 e. The van der Waals surface area contributed by atoms with Crippen LogP contribution in [0.1, 0.15) is 12.5 Å². The molecule has 4 nitrogen and oxygen atoms in total. The van der Waals surface area contributed by atoms with Gasteiger partial charge in [-0.05, 0) is 24.1 Å². The summed E-state index contributed by atoms with van der Waals surface area (Å²) in [6.07, 6.45) is 0.989. The van der Waals surface area contributed by atoms with Gasteiger partial charge in [0.25, 0.3) is 0 Å². The zero-order valence-electron chi connectivity index (χ0n) is 7.50. The average Bonchev–Trinajstić information content (AvgIpc) is 2.19. The lowest BCUT2D eigenvalue weighted by Gasteiger charge is -2.04. The van der Waals surface area contributed by atoms with Gasteiger partial charge in [-0.3, -0.25) is 5.43 Å². The third kappa shape index (κ3) is 2.76. The Kier molecular flexibility index (Phi) is 3.28. The van der Waals surface area contributed by atoms with Crippen molar-refractivity contribution in [1.82, 2.24) is 5.43 Å². The summed E-state index contributed by atoms with van der Waals surface area (Å²) in [4.78, 5) is 10.8. The van der Waals surface area contributed by atoms with Crippen LogP contribution in [-0.2, 0) is 6.42 Å². The number of aryl methyl sites for hydroxylation is 1. The first kappa shape index (κ1) is 9.54. The number of urea groups is 1. The van der Waals surface area contributed by atoms with Gasteiger partial charge in [0.2, 0.25) is 0 Å². The van der Waals surface area contributed by atoms with Crippen molar-refractivity contribution in [2.24, 2.45) is 5.84 Å². The molecule has 0 aliphatic heterocycles. The van der Waals surface area contributed by atoms with Crippen LogP contribution in [0.3, 0.4) is 0 Å². The first-order valence-corrected chi connectivity index (χ1v) is 4.12. The highest BCUT2D eigenvalue weighted by Gasteiger charge is 1.97. The minimum atomic E-state index is -0.413. The van der Waals surface area contributed by atoms with Gasteiger partial charge in [-0.2, -0.15) is 0 Å². The summed E-state index contributed by atoms with van der Waals surface area (Å²) >= 11 is 0. The number of amides is 2. The molecule has 0 spiro atoms. The van der Waals surface area contributed by atoms with Crippen molar-refractivity contribution in [1.29, 1.82) is 0 Å². The number of benzene rings is 1. The number of nitrogens with two attached hydrogens (primary N) is 1. The van der Waals surface area contributed by atoms with Crippen LogP contribution in [0.5, 0.6) is 0 Å². The number of nitrogens with one attached hydrogen (secondary N) is 2. The Morgan fingerprint density at radius 1 is 1.38 bits per heavy atom. The highest BCUT2D eigenvalue weighted by atomic mass is 16.2. The van der Waals surface area contributed by atoms with E-state index in [0.29, 0.717) is 0 Å². The molecule has 0 radical (unpaired) electrons. The van der Waals surface area contributed by atoms with Gasteiger partial charge >= 0.3 is 6.03 Å². The largest absolute Gasteiger partial charge is 0.333 e. The Hall–Kier alpha value is -1.55. The van der Waals surface area contributed by atoms with Crippen LogP contribution in [-0.4, -0.2) is 6.03 Å². The van der Waals surface area contributed by atoms with Gasteiger partial charge in [0.1, 0.15) is 0 Å². The second-order valence-corrected chi connectivity index (χ2v) is 2.65. The molecule has 0 heterocycles. The number of hydrazine groups is 1. The molecule has 4 N–H and O–H groups in total. The Labute approximate surface area is 77.1 Å². The molecule has 13 heavy (non-hydrogen) atoms. The SMILES string of the molecule is CCc1ccc(NC(=O)NN)cc1. The van der Waals surface area contributed by atoms with Crippen LogP contribution in [0, 0.1) is 0 Å². The molecule has 70 valence electrons. The predicted octanol–water partition coefficient (Wildman–Crippen LogP) is 1.24. The van der Waals surface area contributed by atoms with E-state index in [2.05, 4.69) is 12.2 Å². The second-order valence-electron chi connectivity index (χ2n) is 2.65. The highest BCUT2D eigenvalue weighted by Crippen LogP contribution is 2.09. The third-order valence-electron chi connectivity index (χ3n) is 1.75. The number of anilines is 1. The van der Waals surface area contributed by atoms with Crippen LogP contribution in [0.2, 0.25) is 0 Å². The molecule has 2 amide bonds. The predicted molar refractivity (Wildman–Crippen MR) is 52.2 cm³/mol. The van der Waals surface area contributed by atoms with Gasteiger partial charge in [0, 0.05) is 5.69 Å². The van der Waals surface area contributed by atoms with Gasteiger partial charge in [0.15, 0.2) is 0 Å². The van der Waals surface area contributed by atoms with E-state index < -0.39 is 6.03 Å². The summed E-state index contributed by atoms with van der Waals surface area (Å²) in [6.45, 7) is 2.08. The lowest BCUT2D eigenvalue weighted by atomic mass is 10.1. The van der Waals surface area contributed by atoms with Crippen molar-refractivity contribution in [3.8, 4) is 0 Å². The molecule has 1 aromatic rings. The smallest absolute Gasteiger partial charge is 0.307 e. The molecule has 0 saturated heterocycles. The summed E-state index contributed by atoms with van der Waals surface area (Å²) in [5, 5.41) is 2.57. The zero-order valence-corrected chi connectivity index (χ0v) is 7.50. The molecular formula is C9H13N3O. The standard InChI is InChI=1S/C9H13N3O/c1-2-7-3-5-8(6-4-7)11-9(13)12-10/h3-6H,2,10H2,1H3,(H2,11,12,13). The monoisotopic (exact) mass is 179 g/mol. The van der Waals surface area contributed by atoms with Crippen molar-refractivity contribution < 1.29 is 4.79 Å². The summed E-state index contributed by atoms with van der Waals surface area (Å²) < 4.78 is 0. The fourth-order valence-corrected chi connectivity index (χ4v) is 0.991.